The second kappa shape index (κ2) is 6.02. The number of hydrogen-bond donors (Lipinski definition) is 1. The van der Waals surface area contributed by atoms with E-state index in [1.165, 1.54) is 0 Å². The first-order valence-electron chi connectivity index (χ1n) is 7.70. The van der Waals surface area contributed by atoms with Crippen LogP contribution in [0.2, 0.25) is 0 Å². The summed E-state index contributed by atoms with van der Waals surface area (Å²) in [5.74, 6) is 0. The lowest BCUT2D eigenvalue weighted by molar-refractivity contribution is 0.112. The van der Waals surface area contributed by atoms with Crippen molar-refractivity contribution < 1.29 is 4.79 Å². The Kier molecular flexibility index (Phi) is 3.56. The molecule has 5 nitrogen and oxygen atoms in total. The minimum Gasteiger partial charge on any atom is -0.298 e. The number of aldehydes is 1. The first-order valence-corrected chi connectivity index (χ1v) is 7.70. The van der Waals surface area contributed by atoms with Gasteiger partial charge in [-0.25, -0.2) is 4.98 Å². The summed E-state index contributed by atoms with van der Waals surface area (Å²) in [5.41, 5.74) is 5.40. The number of rotatable bonds is 3. The van der Waals surface area contributed by atoms with Crippen LogP contribution in [-0.4, -0.2) is 21.5 Å². The van der Waals surface area contributed by atoms with Crippen LogP contribution in [-0.2, 0) is 0 Å². The summed E-state index contributed by atoms with van der Waals surface area (Å²) in [6.45, 7) is 0. The van der Waals surface area contributed by atoms with Crippen molar-refractivity contribution in [1.29, 1.82) is 5.26 Å². The minimum absolute atomic E-state index is 0.614. The van der Waals surface area contributed by atoms with Gasteiger partial charge in [0.05, 0.1) is 17.3 Å². The summed E-state index contributed by atoms with van der Waals surface area (Å²) in [4.78, 5) is 15.4. The second-order valence-corrected chi connectivity index (χ2v) is 5.59. The van der Waals surface area contributed by atoms with E-state index in [9.17, 15) is 4.79 Å². The lowest BCUT2D eigenvalue weighted by Crippen LogP contribution is -1.86. The molecule has 4 aromatic rings. The van der Waals surface area contributed by atoms with Gasteiger partial charge in [-0.1, -0.05) is 36.4 Å². The molecule has 0 unspecified atom stereocenters. The average molecular weight is 324 g/mol. The largest absolute Gasteiger partial charge is 0.298 e. The molecule has 0 fully saturated rings. The predicted octanol–water partition coefficient (Wildman–Crippen LogP) is 3.98. The molecule has 0 spiro atoms. The van der Waals surface area contributed by atoms with Gasteiger partial charge in [-0.2, -0.15) is 10.4 Å². The Morgan fingerprint density at radius 2 is 1.64 bits per heavy atom. The Bertz CT molecular complexity index is 1100. The molecule has 118 valence electrons. The third-order valence-corrected chi connectivity index (χ3v) is 4.05. The van der Waals surface area contributed by atoms with E-state index in [0.29, 0.717) is 16.8 Å². The Morgan fingerprint density at radius 3 is 2.32 bits per heavy atom. The van der Waals surface area contributed by atoms with Gasteiger partial charge < -0.3 is 0 Å². The summed E-state index contributed by atoms with van der Waals surface area (Å²) >= 11 is 0. The van der Waals surface area contributed by atoms with Crippen LogP contribution in [0, 0.1) is 11.3 Å². The van der Waals surface area contributed by atoms with Crippen molar-refractivity contribution in [3.05, 3.63) is 71.8 Å². The number of nitriles is 1. The van der Waals surface area contributed by atoms with E-state index in [4.69, 9.17) is 5.26 Å². The van der Waals surface area contributed by atoms with Gasteiger partial charge in [-0.3, -0.25) is 9.89 Å². The molecule has 0 amide bonds. The SMILES string of the molecule is N#Cc1ccc(-c2n[nH]c3nc(-c4ccc(C=O)cc4)ccc23)cc1. The number of aromatic amines is 1. The minimum atomic E-state index is 0.614. The summed E-state index contributed by atoms with van der Waals surface area (Å²) in [5, 5.41) is 17.1. The van der Waals surface area contributed by atoms with E-state index in [-0.39, 0.29) is 0 Å². The average Bonchev–Trinajstić information content (AvgIpc) is 3.11. The molecule has 0 aliphatic heterocycles. The molecule has 0 radical (unpaired) electrons. The van der Waals surface area contributed by atoms with Crippen LogP contribution in [0.5, 0.6) is 0 Å². The maximum Gasteiger partial charge on any atom is 0.156 e. The number of nitrogens with zero attached hydrogens (tertiary/aromatic N) is 3. The van der Waals surface area contributed by atoms with Crippen LogP contribution in [0.3, 0.4) is 0 Å². The summed E-state index contributed by atoms with van der Waals surface area (Å²) in [6.07, 6.45) is 0.819. The number of pyridine rings is 1. The molecule has 5 heteroatoms. The van der Waals surface area contributed by atoms with E-state index in [1.807, 2.05) is 36.4 Å². The van der Waals surface area contributed by atoms with Gasteiger partial charge in [0.2, 0.25) is 0 Å². The zero-order valence-electron chi connectivity index (χ0n) is 13.1. The summed E-state index contributed by atoms with van der Waals surface area (Å²) < 4.78 is 0. The first-order chi connectivity index (χ1) is 12.3. The molecule has 4 rings (SSSR count). The summed E-state index contributed by atoms with van der Waals surface area (Å²) in [7, 11) is 0. The Hall–Kier alpha value is -3.78. The molecule has 0 atom stereocenters. The topological polar surface area (TPSA) is 82.4 Å². The standard InChI is InChI=1S/C20H12N4O/c21-11-13-1-7-16(8-2-13)19-17-9-10-18(22-20(17)24-23-19)15-5-3-14(12-25)4-6-15/h1-10,12H,(H,22,23,24). The highest BCUT2D eigenvalue weighted by atomic mass is 16.1. The fraction of sp³-hybridized carbons (Fsp3) is 0. The molecule has 0 aliphatic rings. The quantitative estimate of drug-likeness (QED) is 0.578. The van der Waals surface area contributed by atoms with Gasteiger partial charge in [0, 0.05) is 22.1 Å². The molecule has 2 aromatic heterocycles. The number of nitrogens with one attached hydrogen (secondary N) is 1. The lowest BCUT2D eigenvalue weighted by atomic mass is 10.1. The number of H-pyrrole nitrogens is 1. The number of carbonyl (C=O) groups is 1. The van der Waals surface area contributed by atoms with Crippen LogP contribution in [0.4, 0.5) is 0 Å². The van der Waals surface area contributed by atoms with Crippen LogP contribution in [0.25, 0.3) is 33.5 Å². The molecular weight excluding hydrogens is 312 g/mol. The maximum absolute atomic E-state index is 10.8. The molecule has 0 saturated heterocycles. The van der Waals surface area contributed by atoms with Gasteiger partial charge in [0.1, 0.15) is 12.0 Å². The van der Waals surface area contributed by atoms with Crippen molar-refractivity contribution >= 4 is 17.3 Å². The number of hydrogen-bond acceptors (Lipinski definition) is 4. The lowest BCUT2D eigenvalue weighted by Gasteiger charge is -2.02. The van der Waals surface area contributed by atoms with E-state index in [0.717, 1.165) is 34.2 Å². The molecule has 1 N–H and O–H groups in total. The first kappa shape index (κ1) is 14.8. The van der Waals surface area contributed by atoms with Gasteiger partial charge in [0.25, 0.3) is 0 Å². The Balaban J connectivity index is 1.75. The molecular formula is C20H12N4O. The van der Waals surface area contributed by atoms with Crippen molar-refractivity contribution in [3.8, 4) is 28.6 Å². The number of benzene rings is 2. The van der Waals surface area contributed by atoms with E-state index in [1.54, 1.807) is 24.3 Å². The molecule has 0 aliphatic carbocycles. The fourth-order valence-electron chi connectivity index (χ4n) is 2.72. The van der Waals surface area contributed by atoms with Gasteiger partial charge in [-0.05, 0) is 24.3 Å². The zero-order valence-corrected chi connectivity index (χ0v) is 13.1. The number of aromatic nitrogens is 3. The highest BCUT2D eigenvalue weighted by Crippen LogP contribution is 2.28. The Labute approximate surface area is 143 Å². The van der Waals surface area contributed by atoms with Crippen LogP contribution in [0.15, 0.2) is 60.7 Å². The van der Waals surface area contributed by atoms with Crippen LogP contribution >= 0.6 is 0 Å². The van der Waals surface area contributed by atoms with E-state index < -0.39 is 0 Å². The maximum atomic E-state index is 10.8. The normalized spacial score (nSPS) is 10.5. The molecule has 2 heterocycles. The third kappa shape index (κ3) is 2.66. The smallest absolute Gasteiger partial charge is 0.156 e. The van der Waals surface area contributed by atoms with E-state index in [2.05, 4.69) is 21.3 Å². The van der Waals surface area contributed by atoms with Crippen molar-refractivity contribution in [3.63, 3.8) is 0 Å². The van der Waals surface area contributed by atoms with Gasteiger partial charge in [-0.15, -0.1) is 0 Å². The van der Waals surface area contributed by atoms with Crippen molar-refractivity contribution in [2.75, 3.05) is 0 Å². The molecule has 0 bridgehead atoms. The van der Waals surface area contributed by atoms with Crippen LogP contribution < -0.4 is 0 Å². The fourth-order valence-corrected chi connectivity index (χ4v) is 2.72. The van der Waals surface area contributed by atoms with Crippen molar-refractivity contribution in [2.24, 2.45) is 0 Å². The van der Waals surface area contributed by atoms with Crippen LogP contribution in [0.1, 0.15) is 15.9 Å². The monoisotopic (exact) mass is 324 g/mol. The van der Waals surface area contributed by atoms with Crippen molar-refractivity contribution in [2.45, 2.75) is 0 Å². The molecule has 0 saturated carbocycles. The summed E-state index contributed by atoms with van der Waals surface area (Å²) in [6, 6.07) is 20.6. The predicted molar refractivity (Wildman–Crippen MR) is 94.9 cm³/mol. The van der Waals surface area contributed by atoms with E-state index >= 15 is 0 Å². The van der Waals surface area contributed by atoms with Gasteiger partial charge in [0.15, 0.2) is 5.65 Å². The number of carbonyl (C=O) groups excluding carboxylic acids is 1. The van der Waals surface area contributed by atoms with Crippen molar-refractivity contribution in [1.82, 2.24) is 15.2 Å². The molecule has 2 aromatic carbocycles. The highest BCUT2D eigenvalue weighted by molar-refractivity contribution is 5.92. The van der Waals surface area contributed by atoms with Gasteiger partial charge >= 0.3 is 0 Å². The third-order valence-electron chi connectivity index (χ3n) is 4.05. The number of fused-ring (bicyclic) bond motifs is 1. The molecule has 25 heavy (non-hydrogen) atoms. The second-order valence-electron chi connectivity index (χ2n) is 5.59. The Morgan fingerprint density at radius 1 is 0.920 bits per heavy atom. The zero-order chi connectivity index (χ0) is 17.2. The highest BCUT2D eigenvalue weighted by Gasteiger charge is 2.10.